The van der Waals surface area contributed by atoms with Crippen LogP contribution in [0.1, 0.15) is 27.0 Å². The number of halogens is 1. The fraction of sp³-hybridized carbons (Fsp3) is 0.333. The third-order valence-corrected chi connectivity index (χ3v) is 5.81. The van der Waals surface area contributed by atoms with Crippen molar-refractivity contribution >= 4 is 35.0 Å². The Balaban J connectivity index is 1.83. The lowest BCUT2D eigenvalue weighted by molar-refractivity contribution is -0.145. The Morgan fingerprint density at radius 2 is 1.94 bits per heavy atom. The molecule has 164 valence electrons. The number of nitrogens with zero attached hydrogens (tertiary/aromatic N) is 2. The van der Waals surface area contributed by atoms with E-state index in [1.165, 1.54) is 53.4 Å². The van der Waals surface area contributed by atoms with E-state index >= 15 is 0 Å². The molecule has 0 bridgehead atoms. The number of hydrogen-bond donors (Lipinski definition) is 1. The predicted octanol–water partition coefficient (Wildman–Crippen LogP) is 1.53. The van der Waals surface area contributed by atoms with Crippen LogP contribution in [-0.2, 0) is 14.3 Å². The highest BCUT2D eigenvalue weighted by Crippen LogP contribution is 2.20. The quantitative estimate of drug-likeness (QED) is 0.702. The van der Waals surface area contributed by atoms with Crippen molar-refractivity contribution in [1.82, 2.24) is 15.1 Å². The monoisotopic (exact) mass is 447 g/mol. The molecule has 0 saturated carbocycles. The summed E-state index contributed by atoms with van der Waals surface area (Å²) in [6.45, 7) is 1.67. The van der Waals surface area contributed by atoms with E-state index in [1.54, 1.807) is 17.5 Å². The molecule has 3 amide bonds. The van der Waals surface area contributed by atoms with Gasteiger partial charge in [0, 0.05) is 18.7 Å². The van der Waals surface area contributed by atoms with E-state index in [2.05, 4.69) is 10.1 Å². The third-order valence-electron chi connectivity index (χ3n) is 4.95. The molecule has 1 fully saturated rings. The molecule has 1 aliphatic heterocycles. The Bertz CT molecular complexity index is 981. The molecule has 1 saturated heterocycles. The highest BCUT2D eigenvalue weighted by atomic mass is 32.1. The Kier molecular flexibility index (Phi) is 7.01. The molecule has 1 N–H and O–H groups in total. The number of amides is 3. The molecule has 0 radical (unpaired) electrons. The van der Waals surface area contributed by atoms with E-state index < -0.39 is 35.7 Å². The first kappa shape index (κ1) is 22.4. The minimum absolute atomic E-state index is 0.0911. The number of hydrogen-bond acceptors (Lipinski definition) is 6. The van der Waals surface area contributed by atoms with E-state index in [-0.39, 0.29) is 31.1 Å². The number of rotatable bonds is 5. The molecule has 0 unspecified atom stereocenters. The van der Waals surface area contributed by atoms with Crippen molar-refractivity contribution in [2.24, 2.45) is 0 Å². The third kappa shape index (κ3) is 5.08. The SMILES string of the molecule is COC(=O)[C@@H](C)NC(=O)[C@H]1CN(C(=O)c2cccc(F)c2)CCN1C(=O)c1cccs1. The van der Waals surface area contributed by atoms with Crippen LogP contribution >= 0.6 is 11.3 Å². The number of piperazine rings is 1. The van der Waals surface area contributed by atoms with Gasteiger partial charge in [-0.25, -0.2) is 9.18 Å². The van der Waals surface area contributed by atoms with Gasteiger partial charge in [-0.3, -0.25) is 14.4 Å². The van der Waals surface area contributed by atoms with E-state index in [1.807, 2.05) is 0 Å². The van der Waals surface area contributed by atoms with Crippen LogP contribution < -0.4 is 5.32 Å². The maximum absolute atomic E-state index is 13.5. The van der Waals surface area contributed by atoms with Crippen LogP contribution in [0.5, 0.6) is 0 Å². The van der Waals surface area contributed by atoms with Crippen LogP contribution in [0.3, 0.4) is 0 Å². The van der Waals surface area contributed by atoms with E-state index in [0.29, 0.717) is 4.88 Å². The molecule has 2 aromatic rings. The fourth-order valence-corrected chi connectivity index (χ4v) is 4.00. The zero-order valence-electron chi connectivity index (χ0n) is 17.0. The molecule has 31 heavy (non-hydrogen) atoms. The number of carbonyl (C=O) groups excluding carboxylic acids is 4. The molecule has 3 rings (SSSR count). The van der Waals surface area contributed by atoms with Gasteiger partial charge >= 0.3 is 5.97 Å². The van der Waals surface area contributed by atoms with Crippen LogP contribution in [0.15, 0.2) is 41.8 Å². The fourth-order valence-electron chi connectivity index (χ4n) is 3.33. The second-order valence-corrected chi connectivity index (χ2v) is 7.95. The first-order chi connectivity index (χ1) is 14.8. The summed E-state index contributed by atoms with van der Waals surface area (Å²) in [6.07, 6.45) is 0. The number of benzene rings is 1. The van der Waals surface area contributed by atoms with Gasteiger partial charge in [0.15, 0.2) is 0 Å². The summed E-state index contributed by atoms with van der Waals surface area (Å²) in [7, 11) is 1.21. The molecule has 2 heterocycles. The van der Waals surface area contributed by atoms with E-state index in [4.69, 9.17) is 0 Å². The number of nitrogens with one attached hydrogen (secondary N) is 1. The molecular formula is C21H22FN3O5S. The number of methoxy groups -OCH3 is 1. The number of ether oxygens (including phenoxy) is 1. The zero-order valence-corrected chi connectivity index (χ0v) is 17.9. The Morgan fingerprint density at radius 3 is 2.58 bits per heavy atom. The molecule has 2 atom stereocenters. The highest BCUT2D eigenvalue weighted by Gasteiger charge is 2.38. The Hall–Kier alpha value is -3.27. The van der Waals surface area contributed by atoms with Gasteiger partial charge in [0.2, 0.25) is 5.91 Å². The Labute approximate surface area is 182 Å². The van der Waals surface area contributed by atoms with Crippen molar-refractivity contribution in [2.45, 2.75) is 19.0 Å². The first-order valence-electron chi connectivity index (χ1n) is 9.59. The average Bonchev–Trinajstić information content (AvgIpc) is 3.32. The van der Waals surface area contributed by atoms with Gasteiger partial charge in [-0.1, -0.05) is 12.1 Å². The summed E-state index contributed by atoms with van der Waals surface area (Å²) >= 11 is 1.25. The minimum Gasteiger partial charge on any atom is -0.467 e. The van der Waals surface area contributed by atoms with Crippen molar-refractivity contribution in [3.05, 3.63) is 58.0 Å². The van der Waals surface area contributed by atoms with Crippen molar-refractivity contribution in [3.63, 3.8) is 0 Å². The Morgan fingerprint density at radius 1 is 1.16 bits per heavy atom. The van der Waals surface area contributed by atoms with Gasteiger partial charge in [0.1, 0.15) is 17.9 Å². The molecule has 8 nitrogen and oxygen atoms in total. The molecule has 1 aromatic carbocycles. The highest BCUT2D eigenvalue weighted by molar-refractivity contribution is 7.12. The predicted molar refractivity (Wildman–Crippen MR) is 111 cm³/mol. The largest absolute Gasteiger partial charge is 0.467 e. The van der Waals surface area contributed by atoms with Crippen LogP contribution in [0.25, 0.3) is 0 Å². The first-order valence-corrected chi connectivity index (χ1v) is 10.5. The molecule has 1 aliphatic rings. The molecule has 0 spiro atoms. The lowest BCUT2D eigenvalue weighted by Gasteiger charge is -2.40. The van der Waals surface area contributed by atoms with Crippen molar-refractivity contribution in [1.29, 1.82) is 0 Å². The number of carbonyl (C=O) groups is 4. The minimum atomic E-state index is -1.02. The van der Waals surface area contributed by atoms with Gasteiger partial charge in [-0.05, 0) is 36.6 Å². The topological polar surface area (TPSA) is 96.0 Å². The van der Waals surface area contributed by atoms with Gasteiger partial charge in [0.05, 0.1) is 18.5 Å². The van der Waals surface area contributed by atoms with Crippen LogP contribution in [0, 0.1) is 5.82 Å². The van der Waals surface area contributed by atoms with E-state index in [0.717, 1.165) is 6.07 Å². The van der Waals surface area contributed by atoms with Crippen molar-refractivity contribution in [3.8, 4) is 0 Å². The summed E-state index contributed by atoms with van der Waals surface area (Å²) in [6, 6.07) is 6.72. The summed E-state index contributed by atoms with van der Waals surface area (Å²) in [4.78, 5) is 53.7. The molecule has 10 heteroatoms. The zero-order chi connectivity index (χ0) is 22.5. The second kappa shape index (κ2) is 9.69. The molecular weight excluding hydrogens is 425 g/mol. The lowest BCUT2D eigenvalue weighted by Crippen LogP contribution is -2.62. The number of thiophene rings is 1. The number of esters is 1. The van der Waals surface area contributed by atoms with Gasteiger partial charge in [-0.15, -0.1) is 11.3 Å². The molecule has 0 aliphatic carbocycles. The van der Waals surface area contributed by atoms with Crippen molar-refractivity contribution in [2.75, 3.05) is 26.7 Å². The second-order valence-electron chi connectivity index (χ2n) is 7.01. The van der Waals surface area contributed by atoms with Crippen LogP contribution in [0.2, 0.25) is 0 Å². The van der Waals surface area contributed by atoms with Gasteiger partial charge < -0.3 is 19.9 Å². The van der Waals surface area contributed by atoms with E-state index in [9.17, 15) is 23.6 Å². The maximum Gasteiger partial charge on any atom is 0.328 e. The summed E-state index contributed by atoms with van der Waals surface area (Å²) in [5.74, 6) is -2.54. The standard InChI is InChI=1S/C21H22FN3O5S/c1-13(21(29)30-2)23-18(26)16-12-24(19(27)14-5-3-6-15(22)11-14)8-9-25(16)20(28)17-7-4-10-31-17/h3-7,10-11,13,16H,8-9,12H2,1-2H3,(H,23,26)/t13-,16-/m1/s1. The van der Waals surface area contributed by atoms with Crippen LogP contribution in [0.4, 0.5) is 4.39 Å². The summed E-state index contributed by atoms with van der Waals surface area (Å²) < 4.78 is 18.2. The van der Waals surface area contributed by atoms with Crippen LogP contribution in [-0.4, -0.2) is 72.3 Å². The summed E-state index contributed by atoms with van der Waals surface area (Å²) in [5, 5.41) is 4.29. The lowest BCUT2D eigenvalue weighted by atomic mass is 10.1. The molecule has 1 aromatic heterocycles. The normalized spacial score (nSPS) is 17.1. The van der Waals surface area contributed by atoms with Gasteiger partial charge in [0.25, 0.3) is 11.8 Å². The van der Waals surface area contributed by atoms with Crippen molar-refractivity contribution < 1.29 is 28.3 Å². The van der Waals surface area contributed by atoms with Gasteiger partial charge in [-0.2, -0.15) is 0 Å². The average molecular weight is 447 g/mol. The summed E-state index contributed by atoms with van der Waals surface area (Å²) in [5.41, 5.74) is 0.153. The maximum atomic E-state index is 13.5. The smallest absolute Gasteiger partial charge is 0.328 e.